The fourth-order valence-electron chi connectivity index (χ4n) is 3.21. The smallest absolute Gasteiger partial charge is 0.224 e. The zero-order valence-electron chi connectivity index (χ0n) is 19.8. The predicted molar refractivity (Wildman–Crippen MR) is 118 cm³/mol. The summed E-state index contributed by atoms with van der Waals surface area (Å²) in [7, 11) is 0. The van der Waals surface area contributed by atoms with Gasteiger partial charge in [-0.3, -0.25) is 4.79 Å². The van der Waals surface area contributed by atoms with E-state index in [4.69, 9.17) is 0 Å². The van der Waals surface area contributed by atoms with Crippen molar-refractivity contribution in [3.63, 3.8) is 0 Å². The van der Waals surface area contributed by atoms with Crippen molar-refractivity contribution in [1.29, 1.82) is 0 Å². The van der Waals surface area contributed by atoms with Crippen LogP contribution >= 0.6 is 0 Å². The van der Waals surface area contributed by atoms with Crippen LogP contribution in [0.2, 0.25) is 0 Å². The molecule has 0 heterocycles. The summed E-state index contributed by atoms with van der Waals surface area (Å²) in [6.45, 7) is 10.6. The second-order valence-corrected chi connectivity index (χ2v) is 9.83. The van der Waals surface area contributed by atoms with Crippen LogP contribution in [-0.4, -0.2) is 11.6 Å². The Balaban J connectivity index is 0. The van der Waals surface area contributed by atoms with E-state index in [1.807, 2.05) is 6.92 Å². The van der Waals surface area contributed by atoms with Gasteiger partial charge in [-0.2, -0.15) is 0 Å². The van der Waals surface area contributed by atoms with Gasteiger partial charge in [0.1, 0.15) is 0 Å². The van der Waals surface area contributed by atoms with Gasteiger partial charge in [-0.1, -0.05) is 118 Å². The Morgan fingerprint density at radius 3 is 1.32 bits per heavy atom. The number of carbonyl (C=O) groups excluding carboxylic acids is 1. The highest BCUT2D eigenvalue weighted by Gasteiger charge is 2.38. The lowest BCUT2D eigenvalue weighted by Gasteiger charge is -2.35. The van der Waals surface area contributed by atoms with Crippen molar-refractivity contribution in [1.82, 2.24) is 5.32 Å². The van der Waals surface area contributed by atoms with Crippen molar-refractivity contribution in [3.8, 4) is 0 Å². The van der Waals surface area contributed by atoms with Gasteiger partial charge in [-0.25, -0.2) is 0 Å². The lowest BCUT2D eigenvalue weighted by Crippen LogP contribution is -3.00. The molecule has 0 fully saturated rings. The van der Waals surface area contributed by atoms with Crippen molar-refractivity contribution >= 4 is 5.91 Å². The van der Waals surface area contributed by atoms with E-state index in [0.717, 1.165) is 6.42 Å². The number of carbonyl (C=O) groups is 1. The van der Waals surface area contributed by atoms with Gasteiger partial charge in [0.05, 0.1) is 0 Å². The summed E-state index contributed by atoms with van der Waals surface area (Å²) in [4.78, 5) is 12.1. The van der Waals surface area contributed by atoms with E-state index in [2.05, 4.69) is 38.7 Å². The normalized spacial score (nSPS) is 13.6. The zero-order chi connectivity index (χ0) is 20.6. The molecule has 0 radical (unpaired) electrons. The van der Waals surface area contributed by atoms with Gasteiger partial charge in [0.15, 0.2) is 5.66 Å². The van der Waals surface area contributed by atoms with E-state index in [0.29, 0.717) is 6.42 Å². The van der Waals surface area contributed by atoms with Crippen LogP contribution in [0.5, 0.6) is 0 Å². The van der Waals surface area contributed by atoms with E-state index in [1.54, 1.807) is 0 Å². The van der Waals surface area contributed by atoms with E-state index in [9.17, 15) is 4.79 Å². The van der Waals surface area contributed by atoms with Crippen LogP contribution in [0, 0.1) is 5.41 Å². The molecule has 0 aromatic rings. The summed E-state index contributed by atoms with van der Waals surface area (Å²) in [5.74, 6) is 0.150. The Morgan fingerprint density at radius 1 is 0.679 bits per heavy atom. The number of amides is 1. The van der Waals surface area contributed by atoms with Gasteiger partial charge in [0.25, 0.3) is 0 Å². The fourth-order valence-corrected chi connectivity index (χ4v) is 3.21. The van der Waals surface area contributed by atoms with Crippen LogP contribution < -0.4 is 23.5 Å². The quantitative estimate of drug-likeness (QED) is 0.276. The maximum absolute atomic E-state index is 12.1. The molecule has 0 aromatic carbocycles. The van der Waals surface area contributed by atoms with Gasteiger partial charge in [-0.05, 0) is 6.42 Å². The van der Waals surface area contributed by atoms with Crippen LogP contribution in [-0.2, 0) is 4.79 Å². The molecule has 28 heavy (non-hydrogen) atoms. The van der Waals surface area contributed by atoms with Gasteiger partial charge in [0.2, 0.25) is 5.91 Å². The highest BCUT2D eigenvalue weighted by molar-refractivity contribution is 5.76. The number of hydrogen-bond acceptors (Lipinski definition) is 1. The molecule has 0 saturated heterocycles. The molecule has 0 aliphatic rings. The van der Waals surface area contributed by atoms with E-state index >= 15 is 0 Å². The molecular weight excluding hydrogens is 368 g/mol. The third-order valence-corrected chi connectivity index (χ3v) is 6.08. The molecule has 1 unspecified atom stereocenters. The first-order valence-corrected chi connectivity index (χ1v) is 11.9. The average Bonchev–Trinajstić information content (AvgIpc) is 2.57. The van der Waals surface area contributed by atoms with E-state index in [-0.39, 0.29) is 23.7 Å². The molecule has 0 aliphatic carbocycles. The minimum Gasteiger partial charge on any atom is -1.00 e. The monoisotopic (exact) mass is 418 g/mol. The zero-order valence-corrected chi connectivity index (χ0v) is 20.6. The first-order chi connectivity index (χ1) is 12.7. The standard InChI is InChI=1S/C24H50N2O.ClH/c1-6-7-8-9-10-11-12-13-14-15-16-17-18-19-20-21-22(27)26-24(5,25)23(2,3)4;/h6-21,25H2,1-5H3,(H,26,27);1H. The summed E-state index contributed by atoms with van der Waals surface area (Å²) in [6.07, 6.45) is 20.9. The Labute approximate surface area is 182 Å². The van der Waals surface area contributed by atoms with Gasteiger partial charge < -0.3 is 23.5 Å². The van der Waals surface area contributed by atoms with Gasteiger partial charge in [-0.15, -0.1) is 0 Å². The number of quaternary nitrogens is 1. The second kappa shape index (κ2) is 17.6. The SMILES string of the molecule is CCCCCCCCCCCCCCCCCC(=O)NC(C)([NH3+])C(C)(C)C.[Cl-]. The number of unbranched alkanes of at least 4 members (excludes halogenated alkanes) is 14. The van der Waals surface area contributed by atoms with Crippen molar-refractivity contribution in [3.05, 3.63) is 0 Å². The van der Waals surface area contributed by atoms with Crippen LogP contribution in [0.3, 0.4) is 0 Å². The highest BCUT2D eigenvalue weighted by Crippen LogP contribution is 2.23. The molecule has 0 rings (SSSR count). The van der Waals surface area contributed by atoms with E-state index in [1.165, 1.54) is 89.9 Å². The molecule has 0 aromatic heterocycles. The lowest BCUT2D eigenvalue weighted by molar-refractivity contribution is -0.505. The molecule has 0 spiro atoms. The Bertz CT molecular complexity index is 364. The maximum atomic E-state index is 12.1. The molecule has 0 saturated carbocycles. The molecule has 0 bridgehead atoms. The minimum absolute atomic E-state index is 0. The van der Waals surface area contributed by atoms with Crippen LogP contribution in [0.1, 0.15) is 137 Å². The van der Waals surface area contributed by atoms with Crippen molar-refractivity contribution in [2.75, 3.05) is 0 Å². The predicted octanol–water partition coefficient (Wildman–Crippen LogP) is 3.37. The first-order valence-electron chi connectivity index (χ1n) is 11.9. The number of rotatable bonds is 17. The van der Waals surface area contributed by atoms with Crippen molar-refractivity contribution < 1.29 is 22.9 Å². The Hall–Kier alpha value is -0.280. The number of hydrogen-bond donors (Lipinski definition) is 2. The van der Waals surface area contributed by atoms with Crippen LogP contribution in [0.4, 0.5) is 0 Å². The highest BCUT2D eigenvalue weighted by atomic mass is 35.5. The summed E-state index contributed by atoms with van der Waals surface area (Å²) in [5, 5.41) is 3.10. The summed E-state index contributed by atoms with van der Waals surface area (Å²) < 4.78 is 0. The minimum atomic E-state index is -0.403. The Morgan fingerprint density at radius 2 is 1.00 bits per heavy atom. The van der Waals surface area contributed by atoms with Gasteiger partial charge in [0, 0.05) is 18.8 Å². The molecule has 170 valence electrons. The summed E-state index contributed by atoms with van der Waals surface area (Å²) >= 11 is 0. The number of nitrogens with one attached hydrogen (secondary N) is 1. The summed E-state index contributed by atoms with van der Waals surface area (Å²) in [6, 6.07) is 0. The molecular formula is C24H51ClN2O. The fraction of sp³-hybridized carbons (Fsp3) is 0.958. The Kier molecular flexibility index (Phi) is 18.8. The van der Waals surface area contributed by atoms with Crippen LogP contribution in [0.25, 0.3) is 0 Å². The van der Waals surface area contributed by atoms with Crippen LogP contribution in [0.15, 0.2) is 0 Å². The molecule has 0 aliphatic heterocycles. The van der Waals surface area contributed by atoms with Gasteiger partial charge >= 0.3 is 0 Å². The largest absolute Gasteiger partial charge is 1.00 e. The molecule has 4 heteroatoms. The molecule has 3 nitrogen and oxygen atoms in total. The van der Waals surface area contributed by atoms with Crippen molar-refractivity contribution in [2.45, 2.75) is 143 Å². The third-order valence-electron chi connectivity index (χ3n) is 6.08. The van der Waals surface area contributed by atoms with E-state index < -0.39 is 5.66 Å². The molecule has 4 N–H and O–H groups in total. The average molecular weight is 419 g/mol. The number of halogens is 1. The molecule has 1 atom stereocenters. The third kappa shape index (κ3) is 16.7. The van der Waals surface area contributed by atoms with Crippen molar-refractivity contribution in [2.24, 2.45) is 5.41 Å². The maximum Gasteiger partial charge on any atom is 0.224 e. The first kappa shape index (κ1) is 29.9. The topological polar surface area (TPSA) is 56.7 Å². The lowest BCUT2D eigenvalue weighted by atomic mass is 9.82. The summed E-state index contributed by atoms with van der Waals surface area (Å²) in [5.41, 5.74) is 3.74. The molecule has 1 amide bonds. The second-order valence-electron chi connectivity index (χ2n) is 9.83.